The van der Waals surface area contributed by atoms with Crippen LogP contribution in [-0.2, 0) is 0 Å². The fourth-order valence-corrected chi connectivity index (χ4v) is 1.96. The highest BCUT2D eigenvalue weighted by molar-refractivity contribution is 14.1. The number of amides is 1. The third-order valence-electron chi connectivity index (χ3n) is 2.87. The normalized spacial score (nSPS) is 17.2. The lowest BCUT2D eigenvalue weighted by atomic mass is 10.1. The molecule has 2 nitrogen and oxygen atoms in total. The van der Waals surface area contributed by atoms with Crippen LogP contribution in [0.15, 0.2) is 24.3 Å². The quantitative estimate of drug-likeness (QED) is 0.854. The summed E-state index contributed by atoms with van der Waals surface area (Å²) in [5.74, 6) is 0.0432. The van der Waals surface area contributed by atoms with Crippen LogP contribution in [0.4, 0.5) is 0 Å². The van der Waals surface area contributed by atoms with Crippen LogP contribution in [-0.4, -0.2) is 12.5 Å². The predicted octanol–water partition coefficient (Wildman–Crippen LogP) is 2.82. The zero-order chi connectivity index (χ0) is 10.9. The van der Waals surface area contributed by atoms with Gasteiger partial charge in [-0.1, -0.05) is 13.0 Å². The van der Waals surface area contributed by atoms with Crippen molar-refractivity contribution in [3.8, 4) is 0 Å². The van der Waals surface area contributed by atoms with Crippen molar-refractivity contribution in [1.29, 1.82) is 0 Å². The van der Waals surface area contributed by atoms with Crippen molar-refractivity contribution in [2.75, 3.05) is 6.54 Å². The summed E-state index contributed by atoms with van der Waals surface area (Å²) in [6, 6.07) is 7.66. The number of rotatable bonds is 3. The van der Waals surface area contributed by atoms with Gasteiger partial charge in [0.05, 0.1) is 0 Å². The maximum absolute atomic E-state index is 11.8. The number of hydrogen-bond donors (Lipinski definition) is 1. The highest BCUT2D eigenvalue weighted by Gasteiger charge is 2.37. The van der Waals surface area contributed by atoms with Crippen LogP contribution in [0.2, 0.25) is 0 Å². The molecule has 1 aromatic rings. The molecular weight excluding hydrogens is 301 g/mol. The SMILES string of the molecule is CC1(CNC(=O)c2cccc(I)c2)CC1. The zero-order valence-corrected chi connectivity index (χ0v) is 10.9. The molecule has 1 aliphatic carbocycles. The van der Waals surface area contributed by atoms with Crippen LogP contribution in [0.25, 0.3) is 0 Å². The lowest BCUT2D eigenvalue weighted by Gasteiger charge is -2.10. The molecule has 0 saturated heterocycles. The van der Waals surface area contributed by atoms with Crippen LogP contribution in [0.1, 0.15) is 30.1 Å². The van der Waals surface area contributed by atoms with Crippen molar-refractivity contribution in [1.82, 2.24) is 5.32 Å². The molecule has 1 saturated carbocycles. The van der Waals surface area contributed by atoms with Gasteiger partial charge in [-0.3, -0.25) is 4.79 Å². The molecule has 0 unspecified atom stereocenters. The van der Waals surface area contributed by atoms with Gasteiger partial charge in [-0.05, 0) is 59.0 Å². The van der Waals surface area contributed by atoms with E-state index < -0.39 is 0 Å². The second-order valence-corrected chi connectivity index (χ2v) is 5.75. The third kappa shape index (κ3) is 2.93. The standard InChI is InChI=1S/C12H14INO/c1-12(5-6-12)8-14-11(15)9-3-2-4-10(13)7-9/h2-4,7H,5-6,8H2,1H3,(H,14,15). The van der Waals surface area contributed by atoms with Gasteiger partial charge in [0.2, 0.25) is 0 Å². The number of carbonyl (C=O) groups is 1. The summed E-state index contributed by atoms with van der Waals surface area (Å²) in [5.41, 5.74) is 1.13. The molecule has 80 valence electrons. The van der Waals surface area contributed by atoms with Gasteiger partial charge in [-0.2, -0.15) is 0 Å². The summed E-state index contributed by atoms with van der Waals surface area (Å²) >= 11 is 2.22. The largest absolute Gasteiger partial charge is 0.351 e. The lowest BCUT2D eigenvalue weighted by molar-refractivity contribution is 0.0946. The van der Waals surface area contributed by atoms with E-state index >= 15 is 0 Å². The van der Waals surface area contributed by atoms with Crippen LogP contribution >= 0.6 is 22.6 Å². The third-order valence-corrected chi connectivity index (χ3v) is 3.54. The first-order valence-corrected chi connectivity index (χ1v) is 6.21. The van der Waals surface area contributed by atoms with E-state index in [4.69, 9.17) is 0 Å². The first kappa shape index (κ1) is 10.9. The Balaban J connectivity index is 1.95. The molecule has 0 aliphatic heterocycles. The maximum atomic E-state index is 11.8. The average Bonchev–Trinajstić information content (AvgIpc) is 2.94. The van der Waals surface area contributed by atoms with Gasteiger partial charge in [-0.25, -0.2) is 0 Å². The lowest BCUT2D eigenvalue weighted by Crippen LogP contribution is -2.28. The van der Waals surface area contributed by atoms with E-state index in [2.05, 4.69) is 34.8 Å². The van der Waals surface area contributed by atoms with Gasteiger partial charge in [0.25, 0.3) is 5.91 Å². The van der Waals surface area contributed by atoms with Gasteiger partial charge >= 0.3 is 0 Å². The Morgan fingerprint density at radius 1 is 1.53 bits per heavy atom. The molecule has 0 heterocycles. The molecule has 15 heavy (non-hydrogen) atoms. The number of nitrogens with one attached hydrogen (secondary N) is 1. The molecule has 2 rings (SSSR count). The fraction of sp³-hybridized carbons (Fsp3) is 0.417. The summed E-state index contributed by atoms with van der Waals surface area (Å²) in [6.07, 6.45) is 2.47. The molecule has 1 N–H and O–H groups in total. The minimum Gasteiger partial charge on any atom is -0.351 e. The smallest absolute Gasteiger partial charge is 0.251 e. The summed E-state index contributed by atoms with van der Waals surface area (Å²) in [5, 5.41) is 2.99. The molecule has 1 amide bonds. The van der Waals surface area contributed by atoms with Gasteiger partial charge in [0.15, 0.2) is 0 Å². The molecule has 0 aromatic heterocycles. The Morgan fingerprint density at radius 2 is 2.27 bits per heavy atom. The van der Waals surface area contributed by atoms with Crippen molar-refractivity contribution in [3.05, 3.63) is 33.4 Å². The van der Waals surface area contributed by atoms with Crippen LogP contribution in [0.3, 0.4) is 0 Å². The Bertz CT molecular complexity index is 385. The fourth-order valence-electron chi connectivity index (χ4n) is 1.42. The summed E-state index contributed by atoms with van der Waals surface area (Å²) in [7, 11) is 0. The Kier molecular flexibility index (Phi) is 3.00. The number of benzene rings is 1. The molecule has 1 fully saturated rings. The van der Waals surface area contributed by atoms with E-state index in [1.54, 1.807) is 0 Å². The monoisotopic (exact) mass is 315 g/mol. The van der Waals surface area contributed by atoms with Gasteiger partial charge in [0, 0.05) is 15.7 Å². The van der Waals surface area contributed by atoms with Crippen LogP contribution in [0.5, 0.6) is 0 Å². The van der Waals surface area contributed by atoms with Crippen LogP contribution < -0.4 is 5.32 Å². The summed E-state index contributed by atoms with van der Waals surface area (Å²) < 4.78 is 1.10. The van der Waals surface area contributed by atoms with E-state index in [1.165, 1.54) is 12.8 Å². The van der Waals surface area contributed by atoms with Crippen molar-refractivity contribution in [2.24, 2.45) is 5.41 Å². The Labute approximate surface area is 104 Å². The highest BCUT2D eigenvalue weighted by Crippen LogP contribution is 2.44. The second kappa shape index (κ2) is 4.12. The van der Waals surface area contributed by atoms with E-state index in [0.717, 1.165) is 15.7 Å². The highest BCUT2D eigenvalue weighted by atomic mass is 127. The van der Waals surface area contributed by atoms with Gasteiger partial charge in [-0.15, -0.1) is 0 Å². The minimum atomic E-state index is 0.0432. The number of halogens is 1. The van der Waals surface area contributed by atoms with Crippen molar-refractivity contribution in [2.45, 2.75) is 19.8 Å². The first-order valence-electron chi connectivity index (χ1n) is 5.13. The van der Waals surface area contributed by atoms with Crippen molar-refractivity contribution < 1.29 is 4.79 Å². The van der Waals surface area contributed by atoms with Crippen LogP contribution in [0, 0.1) is 8.99 Å². The Hall–Kier alpha value is -0.580. The van der Waals surface area contributed by atoms with E-state index in [0.29, 0.717) is 5.41 Å². The number of carbonyl (C=O) groups excluding carboxylic acids is 1. The molecule has 0 atom stereocenters. The van der Waals surface area contributed by atoms with E-state index in [1.807, 2.05) is 24.3 Å². The molecule has 3 heteroatoms. The Morgan fingerprint density at radius 3 is 2.87 bits per heavy atom. The second-order valence-electron chi connectivity index (χ2n) is 4.50. The molecular formula is C12H14INO. The topological polar surface area (TPSA) is 29.1 Å². The van der Waals surface area contributed by atoms with Crippen molar-refractivity contribution in [3.63, 3.8) is 0 Å². The van der Waals surface area contributed by atoms with Gasteiger partial charge < -0.3 is 5.32 Å². The summed E-state index contributed by atoms with van der Waals surface area (Å²) in [6.45, 7) is 3.01. The number of hydrogen-bond acceptors (Lipinski definition) is 1. The van der Waals surface area contributed by atoms with E-state index in [-0.39, 0.29) is 5.91 Å². The molecule has 1 aromatic carbocycles. The molecule has 0 spiro atoms. The summed E-state index contributed by atoms with van der Waals surface area (Å²) in [4.78, 5) is 11.8. The van der Waals surface area contributed by atoms with Gasteiger partial charge in [0.1, 0.15) is 0 Å². The van der Waals surface area contributed by atoms with Crippen molar-refractivity contribution >= 4 is 28.5 Å². The maximum Gasteiger partial charge on any atom is 0.251 e. The zero-order valence-electron chi connectivity index (χ0n) is 8.72. The molecule has 0 bridgehead atoms. The predicted molar refractivity (Wildman–Crippen MR) is 68.8 cm³/mol. The first-order chi connectivity index (χ1) is 7.09. The average molecular weight is 315 g/mol. The van der Waals surface area contributed by atoms with E-state index in [9.17, 15) is 4.79 Å². The molecule has 1 aliphatic rings. The molecule has 0 radical (unpaired) electrons. The minimum absolute atomic E-state index is 0.0432.